The van der Waals surface area contributed by atoms with Crippen LogP contribution in [-0.2, 0) is 4.74 Å². The molecular weight excluding hydrogens is 406 g/mol. The number of amides is 1. The van der Waals surface area contributed by atoms with Crippen molar-refractivity contribution >= 4 is 17.7 Å². The Morgan fingerprint density at radius 3 is 2.28 bits per heavy atom. The summed E-state index contributed by atoms with van der Waals surface area (Å²) in [6, 6.07) is 10.3. The van der Waals surface area contributed by atoms with Gasteiger partial charge in [-0.25, -0.2) is 14.8 Å². The van der Waals surface area contributed by atoms with Crippen molar-refractivity contribution in [2.24, 2.45) is 17.3 Å². The fourth-order valence-electron chi connectivity index (χ4n) is 6.70. The number of nitrogens with zero attached hydrogens (tertiary/aromatic N) is 2. The zero-order valence-electron chi connectivity index (χ0n) is 18.4. The molecule has 6 rings (SSSR count). The van der Waals surface area contributed by atoms with Crippen LogP contribution in [0.2, 0.25) is 0 Å². The monoisotopic (exact) mass is 433 g/mol. The second kappa shape index (κ2) is 7.50. The highest BCUT2D eigenvalue weighted by atomic mass is 16.5. The molecule has 4 aliphatic carbocycles. The number of rotatable bonds is 5. The van der Waals surface area contributed by atoms with Crippen molar-refractivity contribution in [3.05, 3.63) is 59.2 Å². The molecule has 1 amide bonds. The molecule has 2 aromatic rings. The Bertz CT molecular complexity index is 1100. The lowest BCUT2D eigenvalue weighted by molar-refractivity contribution is -0.0602. The standard InChI is InChI=1S/C25H27N3O4/c1-15-5-3-7-19(26-15)22(30)28-25-12-16-9-17(13-25)11-24(10-16,14-25)21(29)18-6-4-8-20(27-18)23(31)32-2/h3-8,16-17H,9-14H2,1-2H3,(H,28,30). The first-order valence-electron chi connectivity index (χ1n) is 11.2. The summed E-state index contributed by atoms with van der Waals surface area (Å²) >= 11 is 0. The van der Waals surface area contributed by atoms with Gasteiger partial charge in [0.25, 0.3) is 5.91 Å². The highest BCUT2D eigenvalue weighted by Gasteiger charge is 2.61. The van der Waals surface area contributed by atoms with Crippen LogP contribution in [-0.4, -0.2) is 40.3 Å². The third-order valence-corrected chi connectivity index (χ3v) is 7.42. The number of Topliss-reactive ketones (excluding diaryl/α,β-unsaturated/α-hetero) is 1. The number of esters is 1. The number of nitrogens with one attached hydrogen (secondary N) is 1. The van der Waals surface area contributed by atoms with E-state index in [0.29, 0.717) is 29.6 Å². The molecule has 166 valence electrons. The lowest BCUT2D eigenvalue weighted by Crippen LogP contribution is -2.64. The molecule has 2 aromatic heterocycles. The average molecular weight is 434 g/mol. The van der Waals surface area contributed by atoms with Gasteiger partial charge in [0, 0.05) is 16.6 Å². The highest BCUT2D eigenvalue weighted by molar-refractivity contribution is 6.00. The van der Waals surface area contributed by atoms with Gasteiger partial charge in [0.15, 0.2) is 5.78 Å². The van der Waals surface area contributed by atoms with Crippen molar-refractivity contribution in [1.29, 1.82) is 0 Å². The Hall–Kier alpha value is -3.09. The molecule has 4 bridgehead atoms. The van der Waals surface area contributed by atoms with Gasteiger partial charge in [-0.1, -0.05) is 12.1 Å². The zero-order chi connectivity index (χ0) is 22.5. The van der Waals surface area contributed by atoms with Crippen LogP contribution < -0.4 is 5.32 Å². The summed E-state index contributed by atoms with van der Waals surface area (Å²) in [6.45, 7) is 1.87. The fraction of sp³-hybridized carbons (Fsp3) is 0.480. The molecule has 0 aliphatic heterocycles. The molecule has 0 radical (unpaired) electrons. The highest BCUT2D eigenvalue weighted by Crippen LogP contribution is 2.62. The first-order chi connectivity index (χ1) is 15.3. The first-order valence-corrected chi connectivity index (χ1v) is 11.2. The van der Waals surface area contributed by atoms with Crippen LogP contribution in [0.1, 0.15) is 75.7 Å². The number of aromatic nitrogens is 2. The Kier molecular flexibility index (Phi) is 4.87. The van der Waals surface area contributed by atoms with Gasteiger partial charge in [-0.2, -0.15) is 0 Å². The van der Waals surface area contributed by atoms with Crippen molar-refractivity contribution in [2.45, 2.75) is 51.0 Å². The smallest absolute Gasteiger partial charge is 0.356 e. The number of aryl methyl sites for hydroxylation is 1. The maximum Gasteiger partial charge on any atom is 0.356 e. The Balaban J connectivity index is 1.44. The third-order valence-electron chi connectivity index (χ3n) is 7.42. The Morgan fingerprint density at radius 1 is 0.938 bits per heavy atom. The fourth-order valence-corrected chi connectivity index (χ4v) is 6.70. The van der Waals surface area contributed by atoms with Crippen LogP contribution in [0.4, 0.5) is 0 Å². The Labute approximate surface area is 187 Å². The number of pyridine rings is 2. The largest absolute Gasteiger partial charge is 0.464 e. The van der Waals surface area contributed by atoms with Crippen molar-refractivity contribution in [3.63, 3.8) is 0 Å². The van der Waals surface area contributed by atoms with E-state index in [9.17, 15) is 14.4 Å². The molecule has 4 saturated carbocycles. The molecule has 2 heterocycles. The summed E-state index contributed by atoms with van der Waals surface area (Å²) in [5, 5.41) is 3.29. The quantitative estimate of drug-likeness (QED) is 0.572. The molecule has 0 spiro atoms. The van der Waals surface area contributed by atoms with Crippen LogP contribution in [0.15, 0.2) is 36.4 Å². The second-order valence-electron chi connectivity index (χ2n) is 9.87. The molecule has 0 saturated heterocycles. The van der Waals surface area contributed by atoms with Crippen LogP contribution in [0.3, 0.4) is 0 Å². The van der Waals surface area contributed by atoms with Gasteiger partial charge >= 0.3 is 5.97 Å². The van der Waals surface area contributed by atoms with Crippen LogP contribution in [0.25, 0.3) is 0 Å². The minimum Gasteiger partial charge on any atom is -0.464 e. The van der Waals surface area contributed by atoms with Gasteiger partial charge in [-0.05, 0) is 81.5 Å². The number of hydrogen-bond acceptors (Lipinski definition) is 6. The van der Waals surface area contributed by atoms with E-state index in [-0.39, 0.29) is 17.4 Å². The summed E-state index contributed by atoms with van der Waals surface area (Å²) in [5.74, 6) is 0.0396. The van der Waals surface area contributed by atoms with Gasteiger partial charge in [-0.15, -0.1) is 0 Å². The van der Waals surface area contributed by atoms with Crippen LogP contribution >= 0.6 is 0 Å². The summed E-state index contributed by atoms with van der Waals surface area (Å²) in [4.78, 5) is 47.4. The molecule has 4 fully saturated rings. The molecule has 2 atom stereocenters. The van der Waals surface area contributed by atoms with Gasteiger partial charge in [0.1, 0.15) is 17.1 Å². The second-order valence-corrected chi connectivity index (χ2v) is 9.87. The summed E-state index contributed by atoms with van der Waals surface area (Å²) < 4.78 is 4.76. The lowest BCUT2D eigenvalue weighted by atomic mass is 9.45. The molecule has 32 heavy (non-hydrogen) atoms. The normalized spacial score (nSPS) is 30.1. The predicted octanol–water partition coefficient (Wildman–Crippen LogP) is 3.52. The molecule has 0 aromatic carbocycles. The van der Waals surface area contributed by atoms with E-state index >= 15 is 0 Å². The summed E-state index contributed by atoms with van der Waals surface area (Å²) in [7, 11) is 1.30. The third kappa shape index (κ3) is 3.49. The summed E-state index contributed by atoms with van der Waals surface area (Å²) in [6.07, 6.45) is 5.12. The van der Waals surface area contributed by atoms with E-state index in [4.69, 9.17) is 4.74 Å². The van der Waals surface area contributed by atoms with Gasteiger partial charge in [0.2, 0.25) is 0 Å². The minimum atomic E-state index is -0.556. The van der Waals surface area contributed by atoms with E-state index in [2.05, 4.69) is 15.3 Å². The van der Waals surface area contributed by atoms with Crippen LogP contribution in [0.5, 0.6) is 0 Å². The summed E-state index contributed by atoms with van der Waals surface area (Å²) in [5.41, 5.74) is 0.690. The first kappa shape index (κ1) is 20.8. The maximum atomic E-state index is 13.8. The molecule has 1 N–H and O–H groups in total. The zero-order valence-corrected chi connectivity index (χ0v) is 18.4. The number of ether oxygens (including phenoxy) is 1. The van der Waals surface area contributed by atoms with E-state index in [1.165, 1.54) is 7.11 Å². The average Bonchev–Trinajstić information content (AvgIpc) is 2.77. The van der Waals surface area contributed by atoms with E-state index in [1.54, 1.807) is 24.3 Å². The SMILES string of the molecule is COC(=O)c1cccc(C(=O)C23CC4CC(CC(NC(=O)c5cccc(C)n5)(C4)C2)C3)n1. The number of carbonyl (C=O) groups excluding carboxylic acids is 3. The number of hydrogen-bond donors (Lipinski definition) is 1. The minimum absolute atomic E-state index is 0.0235. The lowest BCUT2D eigenvalue weighted by Gasteiger charge is -2.61. The number of ketones is 1. The molecule has 2 unspecified atom stereocenters. The Morgan fingerprint density at radius 2 is 1.59 bits per heavy atom. The van der Waals surface area contributed by atoms with E-state index in [0.717, 1.165) is 37.8 Å². The number of carbonyl (C=O) groups is 3. The van der Waals surface area contributed by atoms with E-state index in [1.807, 2.05) is 19.1 Å². The van der Waals surface area contributed by atoms with Gasteiger partial charge in [0.05, 0.1) is 7.11 Å². The molecule has 7 heteroatoms. The predicted molar refractivity (Wildman–Crippen MR) is 116 cm³/mol. The van der Waals surface area contributed by atoms with Crippen molar-refractivity contribution in [1.82, 2.24) is 15.3 Å². The topological polar surface area (TPSA) is 98.2 Å². The van der Waals surface area contributed by atoms with Gasteiger partial charge < -0.3 is 10.1 Å². The molecule has 4 aliphatic rings. The maximum absolute atomic E-state index is 13.8. The van der Waals surface area contributed by atoms with E-state index < -0.39 is 16.9 Å². The van der Waals surface area contributed by atoms with Crippen molar-refractivity contribution < 1.29 is 19.1 Å². The van der Waals surface area contributed by atoms with Crippen LogP contribution in [0, 0.1) is 24.2 Å². The molecule has 7 nitrogen and oxygen atoms in total. The van der Waals surface area contributed by atoms with Gasteiger partial charge in [-0.3, -0.25) is 9.59 Å². The van der Waals surface area contributed by atoms with Crippen molar-refractivity contribution in [3.8, 4) is 0 Å². The molecular formula is C25H27N3O4. The number of methoxy groups -OCH3 is 1. The van der Waals surface area contributed by atoms with Crippen molar-refractivity contribution in [2.75, 3.05) is 7.11 Å².